The van der Waals surface area contributed by atoms with Gasteiger partial charge in [0, 0.05) is 5.56 Å². The third-order valence-corrected chi connectivity index (χ3v) is 3.29. The molecule has 1 heterocycles. The minimum atomic E-state index is -0.449. The Morgan fingerprint density at radius 3 is 2.60 bits per heavy atom. The van der Waals surface area contributed by atoms with Crippen LogP contribution in [0.1, 0.15) is 22.3 Å². The van der Waals surface area contributed by atoms with E-state index < -0.39 is 5.56 Å². The molecule has 0 atom stereocenters. The molecule has 0 amide bonds. The lowest BCUT2D eigenvalue weighted by Crippen LogP contribution is -2.10. The van der Waals surface area contributed by atoms with Gasteiger partial charge in [-0.1, -0.05) is 29.3 Å². The van der Waals surface area contributed by atoms with Crippen LogP contribution in [0.2, 0.25) is 5.02 Å². The van der Waals surface area contributed by atoms with E-state index >= 15 is 0 Å². The molecule has 5 nitrogen and oxygen atoms in total. The van der Waals surface area contributed by atoms with Gasteiger partial charge in [-0.15, -0.1) is 0 Å². The van der Waals surface area contributed by atoms with Gasteiger partial charge in [-0.3, -0.25) is 10.2 Å². The molecule has 2 rings (SSSR count). The Morgan fingerprint density at radius 1 is 1.30 bits per heavy atom. The molecule has 6 heteroatoms. The molecular formula is C14H15ClN4O. The predicted octanol–water partition coefficient (Wildman–Crippen LogP) is 2.79. The number of nitrogens with zero attached hydrogens (tertiary/aromatic N) is 2. The van der Waals surface area contributed by atoms with Crippen LogP contribution in [-0.4, -0.2) is 16.4 Å². The van der Waals surface area contributed by atoms with E-state index in [-0.39, 0.29) is 5.02 Å². The Kier molecular flexibility index (Phi) is 4.20. The van der Waals surface area contributed by atoms with Gasteiger partial charge >= 0.3 is 0 Å². The fourth-order valence-electron chi connectivity index (χ4n) is 2.02. The number of aromatic nitrogens is 2. The van der Waals surface area contributed by atoms with Crippen molar-refractivity contribution in [2.45, 2.75) is 20.8 Å². The number of halogens is 1. The largest absolute Gasteiger partial charge is 0.285 e. The van der Waals surface area contributed by atoms with Crippen molar-refractivity contribution in [1.29, 1.82) is 0 Å². The SMILES string of the molecule is Cc1cc(C)c(/C=N\Nc2cn[nH]c(=O)c2Cl)c(C)c1. The quantitative estimate of drug-likeness (QED) is 0.674. The highest BCUT2D eigenvalue weighted by Gasteiger charge is 2.04. The minimum Gasteiger partial charge on any atom is -0.275 e. The summed E-state index contributed by atoms with van der Waals surface area (Å²) in [6.45, 7) is 6.12. The Hall–Kier alpha value is -2.14. The van der Waals surface area contributed by atoms with Crippen molar-refractivity contribution in [3.05, 3.63) is 56.0 Å². The number of hydrogen-bond acceptors (Lipinski definition) is 4. The van der Waals surface area contributed by atoms with Gasteiger partial charge in [0.15, 0.2) is 0 Å². The Morgan fingerprint density at radius 2 is 1.95 bits per heavy atom. The molecule has 0 radical (unpaired) electrons. The van der Waals surface area contributed by atoms with Crippen molar-refractivity contribution >= 4 is 23.5 Å². The zero-order chi connectivity index (χ0) is 14.7. The van der Waals surface area contributed by atoms with Crippen LogP contribution in [0.15, 0.2) is 28.2 Å². The maximum Gasteiger partial charge on any atom is 0.285 e. The third-order valence-electron chi connectivity index (χ3n) is 2.91. The van der Waals surface area contributed by atoms with Crippen LogP contribution in [0.4, 0.5) is 5.69 Å². The van der Waals surface area contributed by atoms with Crippen LogP contribution in [-0.2, 0) is 0 Å². The molecule has 0 spiro atoms. The smallest absolute Gasteiger partial charge is 0.275 e. The van der Waals surface area contributed by atoms with Gasteiger partial charge in [0.1, 0.15) is 10.7 Å². The van der Waals surface area contributed by atoms with Crippen LogP contribution in [0, 0.1) is 20.8 Å². The number of rotatable bonds is 3. The second-order valence-corrected chi connectivity index (χ2v) is 4.99. The fraction of sp³-hybridized carbons (Fsp3) is 0.214. The monoisotopic (exact) mass is 290 g/mol. The molecule has 1 aromatic carbocycles. The number of aromatic amines is 1. The van der Waals surface area contributed by atoms with Gasteiger partial charge in [-0.05, 0) is 31.9 Å². The molecule has 2 N–H and O–H groups in total. The van der Waals surface area contributed by atoms with Crippen LogP contribution < -0.4 is 11.0 Å². The summed E-state index contributed by atoms with van der Waals surface area (Å²) in [7, 11) is 0. The van der Waals surface area contributed by atoms with Crippen molar-refractivity contribution in [2.24, 2.45) is 5.10 Å². The lowest BCUT2D eigenvalue weighted by atomic mass is 10.0. The summed E-state index contributed by atoms with van der Waals surface area (Å²) >= 11 is 5.84. The van der Waals surface area contributed by atoms with Gasteiger partial charge in [0.25, 0.3) is 5.56 Å². The Bertz CT molecular complexity index is 698. The van der Waals surface area contributed by atoms with E-state index in [1.165, 1.54) is 11.8 Å². The van der Waals surface area contributed by atoms with Crippen molar-refractivity contribution < 1.29 is 0 Å². The molecule has 0 aliphatic heterocycles. The summed E-state index contributed by atoms with van der Waals surface area (Å²) in [5.41, 5.74) is 7.18. The Labute approximate surface area is 121 Å². The molecule has 0 aliphatic rings. The highest BCUT2D eigenvalue weighted by molar-refractivity contribution is 6.32. The van der Waals surface area contributed by atoms with Crippen LogP contribution >= 0.6 is 11.6 Å². The topological polar surface area (TPSA) is 70.1 Å². The zero-order valence-electron chi connectivity index (χ0n) is 11.5. The second kappa shape index (κ2) is 5.88. The molecule has 20 heavy (non-hydrogen) atoms. The van der Waals surface area contributed by atoms with Crippen molar-refractivity contribution in [3.63, 3.8) is 0 Å². The highest BCUT2D eigenvalue weighted by Crippen LogP contribution is 2.16. The molecule has 0 saturated heterocycles. The molecule has 0 saturated carbocycles. The number of benzene rings is 1. The van der Waals surface area contributed by atoms with Gasteiger partial charge < -0.3 is 0 Å². The molecule has 0 aliphatic carbocycles. The average molecular weight is 291 g/mol. The van der Waals surface area contributed by atoms with Crippen molar-refractivity contribution in [3.8, 4) is 0 Å². The van der Waals surface area contributed by atoms with E-state index in [0.717, 1.165) is 16.7 Å². The van der Waals surface area contributed by atoms with E-state index in [2.05, 4.69) is 39.8 Å². The van der Waals surface area contributed by atoms with Gasteiger partial charge in [0.05, 0.1) is 12.4 Å². The first-order chi connectivity index (χ1) is 9.49. The van der Waals surface area contributed by atoms with E-state index in [1.54, 1.807) is 6.21 Å². The first-order valence-corrected chi connectivity index (χ1v) is 6.47. The standard InChI is InChI=1S/C14H15ClN4O/c1-8-4-9(2)11(10(3)5-8)6-16-18-12-7-17-19-14(20)13(12)15/h4-7H,1-3H3,(H2,18,19,20)/b16-6-. The Balaban J connectivity index is 2.23. The predicted molar refractivity (Wildman–Crippen MR) is 81.7 cm³/mol. The molecule has 2 aromatic rings. The minimum absolute atomic E-state index is 0.0366. The summed E-state index contributed by atoms with van der Waals surface area (Å²) in [6, 6.07) is 4.19. The summed E-state index contributed by atoms with van der Waals surface area (Å²) in [5.74, 6) is 0. The van der Waals surface area contributed by atoms with Crippen LogP contribution in [0.3, 0.4) is 0 Å². The normalized spacial score (nSPS) is 11.0. The molecule has 104 valence electrons. The molecule has 1 aromatic heterocycles. The second-order valence-electron chi connectivity index (χ2n) is 4.61. The van der Waals surface area contributed by atoms with Crippen molar-refractivity contribution in [1.82, 2.24) is 10.2 Å². The van der Waals surface area contributed by atoms with E-state index in [0.29, 0.717) is 5.69 Å². The third kappa shape index (κ3) is 3.05. The highest BCUT2D eigenvalue weighted by atomic mass is 35.5. The lowest BCUT2D eigenvalue weighted by molar-refractivity contribution is 0.987. The maximum absolute atomic E-state index is 11.3. The fourth-order valence-corrected chi connectivity index (χ4v) is 2.16. The van der Waals surface area contributed by atoms with Gasteiger partial charge in [-0.2, -0.15) is 10.2 Å². The molecular weight excluding hydrogens is 276 g/mol. The average Bonchev–Trinajstić information content (AvgIpc) is 2.37. The lowest BCUT2D eigenvalue weighted by Gasteiger charge is -2.07. The maximum atomic E-state index is 11.3. The number of H-pyrrole nitrogens is 1. The first-order valence-electron chi connectivity index (χ1n) is 6.09. The van der Waals surface area contributed by atoms with Gasteiger partial charge in [-0.25, -0.2) is 5.10 Å². The molecule has 0 unspecified atom stereocenters. The summed E-state index contributed by atoms with van der Waals surface area (Å²) in [6.07, 6.45) is 3.12. The summed E-state index contributed by atoms with van der Waals surface area (Å²) < 4.78 is 0. The summed E-state index contributed by atoms with van der Waals surface area (Å²) in [5, 5.41) is 10.1. The first kappa shape index (κ1) is 14.3. The molecule has 0 fully saturated rings. The van der Waals surface area contributed by atoms with E-state index in [4.69, 9.17) is 11.6 Å². The van der Waals surface area contributed by atoms with E-state index in [9.17, 15) is 4.79 Å². The number of aryl methyl sites for hydroxylation is 3. The summed E-state index contributed by atoms with van der Waals surface area (Å²) in [4.78, 5) is 11.3. The number of anilines is 1. The number of hydrogen-bond donors (Lipinski definition) is 2. The van der Waals surface area contributed by atoms with E-state index in [1.807, 2.05) is 13.8 Å². The van der Waals surface area contributed by atoms with Crippen LogP contribution in [0.25, 0.3) is 0 Å². The zero-order valence-corrected chi connectivity index (χ0v) is 12.2. The van der Waals surface area contributed by atoms with Crippen molar-refractivity contribution in [2.75, 3.05) is 5.43 Å². The number of nitrogens with one attached hydrogen (secondary N) is 2. The van der Waals surface area contributed by atoms with Crippen LogP contribution in [0.5, 0.6) is 0 Å². The van der Waals surface area contributed by atoms with Gasteiger partial charge in [0.2, 0.25) is 0 Å². The molecule has 0 bridgehead atoms. The number of hydrazone groups is 1.